The van der Waals surface area contributed by atoms with Gasteiger partial charge in [0.2, 0.25) is 5.95 Å². The largest absolute Gasteiger partial charge is 0.493 e. The number of fused-ring (bicyclic) bond motifs is 1. The minimum Gasteiger partial charge on any atom is -0.493 e. The maximum atomic E-state index is 12.8. The van der Waals surface area contributed by atoms with Crippen molar-refractivity contribution in [1.29, 1.82) is 0 Å². The van der Waals surface area contributed by atoms with Gasteiger partial charge in [-0.25, -0.2) is 9.48 Å². The standard InChI is InChI=1S/C18H22N4O5/c1-5-27-17(23)15-12(9-24-2)21-18-19-10-20-22(18)16(15)11-6-7-13(25-3)14(8-11)26-4/h6-8,10,16H,5,9H2,1-4H3,(H,19,20,21). The first-order valence-electron chi connectivity index (χ1n) is 8.42. The second-order valence-corrected chi connectivity index (χ2v) is 5.72. The van der Waals surface area contributed by atoms with E-state index in [1.54, 1.807) is 39.0 Å². The Morgan fingerprint density at radius 2 is 2.00 bits per heavy atom. The van der Waals surface area contributed by atoms with E-state index in [0.717, 1.165) is 5.56 Å². The van der Waals surface area contributed by atoms with Gasteiger partial charge < -0.3 is 24.3 Å². The number of carbonyl (C=O) groups is 1. The molecule has 27 heavy (non-hydrogen) atoms. The van der Waals surface area contributed by atoms with E-state index in [9.17, 15) is 4.79 Å². The Balaban J connectivity index is 2.18. The van der Waals surface area contributed by atoms with Crippen molar-refractivity contribution in [3.05, 3.63) is 41.4 Å². The molecule has 9 heteroatoms. The zero-order valence-corrected chi connectivity index (χ0v) is 15.7. The summed E-state index contributed by atoms with van der Waals surface area (Å²) in [5, 5.41) is 7.39. The van der Waals surface area contributed by atoms with Crippen molar-refractivity contribution in [1.82, 2.24) is 14.8 Å². The number of ether oxygens (including phenoxy) is 4. The number of aromatic nitrogens is 3. The Morgan fingerprint density at radius 1 is 1.22 bits per heavy atom. The first-order valence-corrected chi connectivity index (χ1v) is 8.42. The molecule has 1 aliphatic heterocycles. The Hall–Kier alpha value is -3.07. The molecule has 0 fully saturated rings. The second kappa shape index (κ2) is 8.09. The Labute approximate surface area is 156 Å². The third kappa shape index (κ3) is 3.45. The van der Waals surface area contributed by atoms with Crippen molar-refractivity contribution in [2.24, 2.45) is 0 Å². The summed E-state index contributed by atoms with van der Waals surface area (Å²) in [5.74, 6) is 1.20. The first-order chi connectivity index (χ1) is 13.1. The van der Waals surface area contributed by atoms with E-state index in [4.69, 9.17) is 18.9 Å². The quantitative estimate of drug-likeness (QED) is 0.733. The number of nitrogens with zero attached hydrogens (tertiary/aromatic N) is 3. The second-order valence-electron chi connectivity index (χ2n) is 5.72. The monoisotopic (exact) mass is 374 g/mol. The molecule has 1 aromatic carbocycles. The lowest BCUT2D eigenvalue weighted by molar-refractivity contribution is -0.139. The molecule has 2 heterocycles. The highest BCUT2D eigenvalue weighted by Gasteiger charge is 2.36. The van der Waals surface area contributed by atoms with Gasteiger partial charge in [0.25, 0.3) is 0 Å². The lowest BCUT2D eigenvalue weighted by Crippen LogP contribution is -2.31. The van der Waals surface area contributed by atoms with Gasteiger partial charge >= 0.3 is 5.97 Å². The summed E-state index contributed by atoms with van der Waals surface area (Å²) in [6.45, 7) is 2.22. The van der Waals surface area contributed by atoms with Gasteiger partial charge in [-0.15, -0.1) is 0 Å². The number of anilines is 1. The number of hydrogen-bond acceptors (Lipinski definition) is 8. The van der Waals surface area contributed by atoms with E-state index in [1.807, 2.05) is 12.1 Å². The number of rotatable bonds is 7. The summed E-state index contributed by atoms with van der Waals surface area (Å²) in [6.07, 6.45) is 1.43. The van der Waals surface area contributed by atoms with Gasteiger partial charge in [0.15, 0.2) is 11.5 Å². The highest BCUT2D eigenvalue weighted by molar-refractivity contribution is 5.92. The van der Waals surface area contributed by atoms with Crippen molar-refractivity contribution in [2.45, 2.75) is 13.0 Å². The van der Waals surface area contributed by atoms with Crippen LogP contribution in [0.1, 0.15) is 18.5 Å². The van der Waals surface area contributed by atoms with Crippen LogP contribution in [0.3, 0.4) is 0 Å². The molecule has 0 saturated heterocycles. The van der Waals surface area contributed by atoms with Gasteiger partial charge in [-0.05, 0) is 24.6 Å². The number of hydrogen-bond donors (Lipinski definition) is 1. The van der Waals surface area contributed by atoms with Crippen LogP contribution in [0.5, 0.6) is 11.5 Å². The summed E-state index contributed by atoms with van der Waals surface area (Å²) < 4.78 is 22.9. The summed E-state index contributed by atoms with van der Waals surface area (Å²) in [5.41, 5.74) is 1.76. The van der Waals surface area contributed by atoms with E-state index < -0.39 is 12.0 Å². The highest BCUT2D eigenvalue weighted by atomic mass is 16.5. The first kappa shape index (κ1) is 18.7. The normalized spacial score (nSPS) is 15.8. The summed E-state index contributed by atoms with van der Waals surface area (Å²) in [4.78, 5) is 17.0. The predicted octanol–water partition coefficient (Wildman–Crippen LogP) is 1.77. The van der Waals surface area contributed by atoms with Crippen LogP contribution in [0.15, 0.2) is 35.8 Å². The number of esters is 1. The van der Waals surface area contributed by atoms with Gasteiger partial charge in [-0.2, -0.15) is 10.1 Å². The van der Waals surface area contributed by atoms with E-state index in [2.05, 4.69) is 15.4 Å². The van der Waals surface area contributed by atoms with Gasteiger partial charge in [-0.3, -0.25) is 0 Å². The fraction of sp³-hybridized carbons (Fsp3) is 0.389. The molecular formula is C18H22N4O5. The smallest absolute Gasteiger partial charge is 0.338 e. The maximum absolute atomic E-state index is 12.8. The predicted molar refractivity (Wildman–Crippen MR) is 96.9 cm³/mol. The molecule has 9 nitrogen and oxygen atoms in total. The third-order valence-electron chi connectivity index (χ3n) is 4.19. The molecule has 0 amide bonds. The molecule has 144 valence electrons. The average molecular weight is 374 g/mol. The minimum atomic E-state index is -0.548. The Bertz CT molecular complexity index is 861. The molecule has 1 aromatic heterocycles. The van der Waals surface area contributed by atoms with Crippen LogP contribution in [-0.4, -0.2) is 55.3 Å². The van der Waals surface area contributed by atoms with Crippen LogP contribution in [0.25, 0.3) is 0 Å². The minimum absolute atomic E-state index is 0.199. The molecule has 0 spiro atoms. The van der Waals surface area contributed by atoms with Crippen LogP contribution in [0, 0.1) is 0 Å². The van der Waals surface area contributed by atoms with Crippen LogP contribution in [-0.2, 0) is 14.3 Å². The zero-order valence-electron chi connectivity index (χ0n) is 15.7. The maximum Gasteiger partial charge on any atom is 0.338 e. The summed E-state index contributed by atoms with van der Waals surface area (Å²) >= 11 is 0. The van der Waals surface area contributed by atoms with Gasteiger partial charge in [0.1, 0.15) is 12.4 Å². The summed E-state index contributed by atoms with van der Waals surface area (Å²) in [7, 11) is 4.68. The molecule has 0 bridgehead atoms. The van der Waals surface area contributed by atoms with Crippen molar-refractivity contribution in [3.8, 4) is 11.5 Å². The molecule has 0 saturated carbocycles. The molecular weight excluding hydrogens is 352 g/mol. The third-order valence-corrected chi connectivity index (χ3v) is 4.19. The van der Waals surface area contributed by atoms with Crippen LogP contribution in [0.4, 0.5) is 5.95 Å². The van der Waals surface area contributed by atoms with Gasteiger partial charge in [0.05, 0.1) is 38.7 Å². The van der Waals surface area contributed by atoms with E-state index >= 15 is 0 Å². The Morgan fingerprint density at radius 3 is 2.67 bits per heavy atom. The lowest BCUT2D eigenvalue weighted by atomic mass is 9.95. The molecule has 0 aliphatic carbocycles. The molecule has 2 aromatic rings. The summed E-state index contributed by atoms with van der Waals surface area (Å²) in [6, 6.07) is 4.90. The number of carbonyl (C=O) groups excluding carboxylic acids is 1. The highest BCUT2D eigenvalue weighted by Crippen LogP contribution is 2.38. The zero-order chi connectivity index (χ0) is 19.4. The SMILES string of the molecule is CCOC(=O)C1=C(COC)Nc2ncnn2C1c1ccc(OC)c(OC)c1. The fourth-order valence-corrected chi connectivity index (χ4v) is 3.05. The molecule has 1 atom stereocenters. The van der Waals surface area contributed by atoms with E-state index in [1.165, 1.54) is 6.33 Å². The van der Waals surface area contributed by atoms with Gasteiger partial charge in [0, 0.05) is 7.11 Å². The number of benzene rings is 1. The number of methoxy groups -OCH3 is 3. The van der Waals surface area contributed by atoms with Gasteiger partial charge in [-0.1, -0.05) is 6.07 Å². The molecule has 0 radical (unpaired) electrons. The lowest BCUT2D eigenvalue weighted by Gasteiger charge is -2.29. The van der Waals surface area contributed by atoms with E-state index in [0.29, 0.717) is 28.7 Å². The fourth-order valence-electron chi connectivity index (χ4n) is 3.05. The van der Waals surface area contributed by atoms with Crippen LogP contribution < -0.4 is 14.8 Å². The average Bonchev–Trinajstić information content (AvgIpc) is 3.15. The molecule has 1 aliphatic rings. The van der Waals surface area contributed by atoms with Crippen molar-refractivity contribution in [2.75, 3.05) is 39.9 Å². The van der Waals surface area contributed by atoms with Crippen molar-refractivity contribution < 1.29 is 23.7 Å². The molecule has 1 unspecified atom stereocenters. The molecule has 1 N–H and O–H groups in total. The Kier molecular flexibility index (Phi) is 5.60. The molecule has 3 rings (SSSR count). The van der Waals surface area contributed by atoms with Crippen LogP contribution >= 0.6 is 0 Å². The van der Waals surface area contributed by atoms with Crippen LogP contribution in [0.2, 0.25) is 0 Å². The van der Waals surface area contributed by atoms with Crippen molar-refractivity contribution in [3.63, 3.8) is 0 Å². The van der Waals surface area contributed by atoms with Crippen molar-refractivity contribution >= 4 is 11.9 Å². The van der Waals surface area contributed by atoms with E-state index in [-0.39, 0.29) is 13.2 Å². The number of nitrogens with one attached hydrogen (secondary N) is 1. The topological polar surface area (TPSA) is 96.7 Å².